The summed E-state index contributed by atoms with van der Waals surface area (Å²) in [5.41, 5.74) is 1.83. The molecule has 0 atom stereocenters. The summed E-state index contributed by atoms with van der Waals surface area (Å²) in [6.07, 6.45) is 0.447. The van der Waals surface area contributed by atoms with Gasteiger partial charge in [0.25, 0.3) is 0 Å². The zero-order valence-electron chi connectivity index (χ0n) is 21.4. The van der Waals surface area contributed by atoms with Crippen LogP contribution in [-0.4, -0.2) is 16.8 Å². The molecule has 0 bridgehead atoms. The average molecular weight is 573 g/mol. The molecule has 4 rings (SSSR count). The van der Waals surface area contributed by atoms with E-state index >= 15 is 0 Å². The van der Waals surface area contributed by atoms with Crippen LogP contribution in [0.5, 0.6) is 11.5 Å². The van der Waals surface area contributed by atoms with E-state index in [1.807, 2.05) is 6.92 Å². The van der Waals surface area contributed by atoms with Crippen LogP contribution in [0.25, 0.3) is 0 Å². The van der Waals surface area contributed by atoms with Crippen LogP contribution in [-0.2, 0) is 20.2 Å². The van der Waals surface area contributed by atoms with Crippen LogP contribution >= 0.6 is 0 Å². The monoisotopic (exact) mass is 572 g/mol. The summed E-state index contributed by atoms with van der Waals surface area (Å²) >= 11 is 0. The van der Waals surface area contributed by atoms with Gasteiger partial charge in [-0.25, -0.2) is 8.78 Å². The summed E-state index contributed by atoms with van der Waals surface area (Å²) < 4.78 is 90.7. The van der Waals surface area contributed by atoms with Crippen molar-refractivity contribution >= 4 is 20.2 Å². The molecule has 0 aliphatic carbocycles. The fourth-order valence-corrected chi connectivity index (χ4v) is 6.60. The SMILES string of the molecule is CCC(c1ccc(OS(=O)(=O)c2ccccc2C)c(F)c1)c1ccc(OS(=O)(=O)c2ccccc2C)c(F)c1. The van der Waals surface area contributed by atoms with Crippen LogP contribution in [0.3, 0.4) is 0 Å². The van der Waals surface area contributed by atoms with Crippen molar-refractivity contribution in [3.05, 3.63) is 119 Å². The topological polar surface area (TPSA) is 86.7 Å². The van der Waals surface area contributed by atoms with E-state index in [0.29, 0.717) is 28.7 Å². The lowest BCUT2D eigenvalue weighted by molar-refractivity contribution is 0.460. The minimum Gasteiger partial charge on any atom is -0.376 e. The van der Waals surface area contributed by atoms with Crippen molar-refractivity contribution in [2.45, 2.75) is 42.9 Å². The Morgan fingerprint density at radius 1 is 0.641 bits per heavy atom. The van der Waals surface area contributed by atoms with E-state index in [1.54, 1.807) is 50.2 Å². The molecule has 204 valence electrons. The number of aryl methyl sites for hydroxylation is 2. The molecule has 0 aliphatic heterocycles. The second-order valence-corrected chi connectivity index (χ2v) is 12.0. The summed E-state index contributed by atoms with van der Waals surface area (Å²) in [5.74, 6) is -3.19. The Morgan fingerprint density at radius 3 is 1.36 bits per heavy atom. The number of hydrogen-bond donors (Lipinski definition) is 0. The van der Waals surface area contributed by atoms with E-state index in [1.165, 1.54) is 36.4 Å². The molecule has 4 aromatic carbocycles. The van der Waals surface area contributed by atoms with E-state index < -0.39 is 49.3 Å². The number of rotatable bonds is 9. The van der Waals surface area contributed by atoms with Crippen molar-refractivity contribution < 1.29 is 34.0 Å². The third-order valence-corrected chi connectivity index (χ3v) is 9.04. The van der Waals surface area contributed by atoms with Gasteiger partial charge in [0.1, 0.15) is 9.79 Å². The normalized spacial score (nSPS) is 11.9. The zero-order chi connectivity index (χ0) is 28.4. The molecule has 0 fully saturated rings. The molecule has 0 aliphatic rings. The highest BCUT2D eigenvalue weighted by molar-refractivity contribution is 7.87. The zero-order valence-corrected chi connectivity index (χ0v) is 23.0. The highest BCUT2D eigenvalue weighted by Crippen LogP contribution is 2.34. The van der Waals surface area contributed by atoms with Crippen molar-refractivity contribution in [3.8, 4) is 11.5 Å². The van der Waals surface area contributed by atoms with Gasteiger partial charge in [0.2, 0.25) is 0 Å². The van der Waals surface area contributed by atoms with Crippen molar-refractivity contribution in [1.29, 1.82) is 0 Å². The summed E-state index contributed by atoms with van der Waals surface area (Å²) in [6.45, 7) is 5.03. The first kappa shape index (κ1) is 28.3. The second kappa shape index (κ2) is 11.2. The van der Waals surface area contributed by atoms with Gasteiger partial charge in [-0.3, -0.25) is 0 Å². The Labute approximate surface area is 227 Å². The van der Waals surface area contributed by atoms with E-state index in [9.17, 15) is 25.6 Å². The fraction of sp³-hybridized carbons (Fsp3) is 0.172. The van der Waals surface area contributed by atoms with E-state index in [4.69, 9.17) is 8.37 Å². The third kappa shape index (κ3) is 6.12. The van der Waals surface area contributed by atoms with Gasteiger partial charge in [0.05, 0.1) is 0 Å². The van der Waals surface area contributed by atoms with Crippen LogP contribution in [0.4, 0.5) is 8.78 Å². The Bertz CT molecular complexity index is 1610. The first-order valence-corrected chi connectivity index (χ1v) is 14.8. The molecule has 0 heterocycles. The van der Waals surface area contributed by atoms with Crippen molar-refractivity contribution in [2.75, 3.05) is 0 Å². The molecule has 39 heavy (non-hydrogen) atoms. The van der Waals surface area contributed by atoms with E-state index in [-0.39, 0.29) is 9.79 Å². The fourth-order valence-electron chi connectivity index (χ4n) is 4.27. The minimum atomic E-state index is -4.26. The number of benzene rings is 4. The molecule has 0 N–H and O–H groups in total. The molecular formula is C29H26F2O6S2. The van der Waals surface area contributed by atoms with Gasteiger partial charge in [-0.1, -0.05) is 55.5 Å². The molecule has 0 saturated carbocycles. The predicted molar refractivity (Wildman–Crippen MR) is 143 cm³/mol. The Kier molecular flexibility index (Phi) is 8.08. The van der Waals surface area contributed by atoms with Gasteiger partial charge < -0.3 is 8.37 Å². The van der Waals surface area contributed by atoms with Gasteiger partial charge >= 0.3 is 20.2 Å². The van der Waals surface area contributed by atoms with Crippen LogP contribution < -0.4 is 8.37 Å². The van der Waals surface area contributed by atoms with Crippen molar-refractivity contribution in [1.82, 2.24) is 0 Å². The Balaban J connectivity index is 1.58. The predicted octanol–water partition coefficient (Wildman–Crippen LogP) is 6.66. The van der Waals surface area contributed by atoms with Crippen molar-refractivity contribution in [3.63, 3.8) is 0 Å². The lowest BCUT2D eigenvalue weighted by atomic mass is 9.89. The minimum absolute atomic E-state index is 0.0675. The second-order valence-electron chi connectivity index (χ2n) is 8.95. The molecular weight excluding hydrogens is 546 g/mol. The first-order valence-electron chi connectivity index (χ1n) is 12.0. The quantitative estimate of drug-likeness (QED) is 0.209. The largest absolute Gasteiger partial charge is 0.376 e. The molecule has 10 heteroatoms. The molecule has 0 unspecified atom stereocenters. The molecule has 0 amide bonds. The van der Waals surface area contributed by atoms with Crippen LogP contribution in [0.2, 0.25) is 0 Å². The summed E-state index contributed by atoms with van der Waals surface area (Å²) in [4.78, 5) is -0.135. The molecule has 0 radical (unpaired) electrons. The first-order chi connectivity index (χ1) is 18.4. The number of hydrogen-bond acceptors (Lipinski definition) is 6. The lowest BCUT2D eigenvalue weighted by Crippen LogP contribution is -2.13. The smallest absolute Gasteiger partial charge is 0.339 e. The van der Waals surface area contributed by atoms with Gasteiger partial charge in [-0.05, 0) is 78.9 Å². The molecule has 6 nitrogen and oxygen atoms in total. The summed E-state index contributed by atoms with van der Waals surface area (Å²) in [6, 6.07) is 20.1. The maximum absolute atomic E-state index is 15.0. The lowest BCUT2D eigenvalue weighted by Gasteiger charge is -2.18. The van der Waals surface area contributed by atoms with Crippen LogP contribution in [0.1, 0.15) is 41.5 Å². The van der Waals surface area contributed by atoms with Gasteiger partial charge in [-0.2, -0.15) is 16.8 Å². The summed E-state index contributed by atoms with van der Waals surface area (Å²) in [7, 11) is -8.52. The molecule has 4 aromatic rings. The van der Waals surface area contributed by atoms with E-state index in [0.717, 1.165) is 12.1 Å². The molecule has 0 saturated heterocycles. The van der Waals surface area contributed by atoms with Crippen LogP contribution in [0.15, 0.2) is 94.7 Å². The highest BCUT2D eigenvalue weighted by atomic mass is 32.2. The standard InChI is InChI=1S/C29H26F2O6S2/c1-4-23(21-13-15-26(24(30)17-21)36-38(32,33)28-11-7-5-9-19(28)2)22-14-16-27(25(31)18-22)37-39(34,35)29-12-8-6-10-20(29)3/h5-18,23H,4H2,1-3H3. The maximum atomic E-state index is 15.0. The third-order valence-electron chi connectivity index (χ3n) is 6.25. The van der Waals surface area contributed by atoms with Gasteiger partial charge in [0, 0.05) is 5.92 Å². The van der Waals surface area contributed by atoms with E-state index in [2.05, 4.69) is 0 Å². The van der Waals surface area contributed by atoms with Crippen molar-refractivity contribution in [2.24, 2.45) is 0 Å². The van der Waals surface area contributed by atoms with Gasteiger partial charge in [0.15, 0.2) is 23.1 Å². The highest BCUT2D eigenvalue weighted by Gasteiger charge is 2.24. The van der Waals surface area contributed by atoms with Crippen LogP contribution in [0, 0.1) is 25.5 Å². The van der Waals surface area contributed by atoms with Gasteiger partial charge in [-0.15, -0.1) is 0 Å². The maximum Gasteiger partial charge on any atom is 0.339 e. The number of halogens is 2. The molecule has 0 spiro atoms. The summed E-state index contributed by atoms with van der Waals surface area (Å²) in [5, 5.41) is 0. The molecule has 0 aromatic heterocycles. The Morgan fingerprint density at radius 2 is 1.03 bits per heavy atom. The average Bonchev–Trinajstić information content (AvgIpc) is 2.88. The Hall–Kier alpha value is -3.76.